The van der Waals surface area contributed by atoms with E-state index >= 15 is 0 Å². The van der Waals surface area contributed by atoms with E-state index in [9.17, 15) is 4.79 Å². The maximum Gasteiger partial charge on any atom is 0.256 e. The Labute approximate surface area is 108 Å². The van der Waals surface area contributed by atoms with Crippen molar-refractivity contribution in [2.75, 3.05) is 11.9 Å². The summed E-state index contributed by atoms with van der Waals surface area (Å²) in [5.74, 6) is 5.51. The summed E-state index contributed by atoms with van der Waals surface area (Å²) in [4.78, 5) is 12.6. The van der Waals surface area contributed by atoms with E-state index in [0.717, 1.165) is 4.88 Å². The van der Waals surface area contributed by atoms with Gasteiger partial charge in [0, 0.05) is 18.0 Å². The van der Waals surface area contributed by atoms with E-state index in [2.05, 4.69) is 27.4 Å². The van der Waals surface area contributed by atoms with Crippen molar-refractivity contribution in [1.82, 2.24) is 10.2 Å². The van der Waals surface area contributed by atoms with Gasteiger partial charge in [-0.15, -0.1) is 11.3 Å². The summed E-state index contributed by atoms with van der Waals surface area (Å²) in [5, 5.41) is 19.4. The number of hydrogen-bond acceptors (Lipinski definition) is 4. The van der Waals surface area contributed by atoms with Gasteiger partial charge in [-0.05, 0) is 6.07 Å². The second-order valence-corrected chi connectivity index (χ2v) is 4.33. The molecule has 0 radical (unpaired) electrons. The number of anilines is 1. The van der Waals surface area contributed by atoms with E-state index in [0.29, 0.717) is 17.7 Å². The first kappa shape index (κ1) is 12.4. The Morgan fingerprint density at radius 3 is 3.22 bits per heavy atom. The molecule has 0 aliphatic rings. The molecule has 2 aromatic rings. The van der Waals surface area contributed by atoms with Crippen LogP contribution in [0, 0.1) is 11.8 Å². The molecule has 0 fully saturated rings. The van der Waals surface area contributed by atoms with Gasteiger partial charge in [-0.3, -0.25) is 9.89 Å². The number of nitrogens with zero attached hydrogens (tertiary/aromatic N) is 1. The number of thiophene rings is 1. The van der Waals surface area contributed by atoms with E-state index in [4.69, 9.17) is 5.11 Å². The topological polar surface area (TPSA) is 78.0 Å². The Balaban J connectivity index is 2.02. The fraction of sp³-hybridized carbons (Fsp3) is 0.167. The van der Waals surface area contributed by atoms with E-state index in [1.165, 1.54) is 17.5 Å². The summed E-state index contributed by atoms with van der Waals surface area (Å²) >= 11 is 1.40. The molecule has 0 saturated carbocycles. The summed E-state index contributed by atoms with van der Waals surface area (Å²) in [6, 6.07) is 1.73. The molecule has 0 saturated heterocycles. The first-order chi connectivity index (χ1) is 8.79. The molecule has 3 N–H and O–H groups in total. The van der Waals surface area contributed by atoms with Crippen LogP contribution < -0.4 is 5.32 Å². The number of hydrogen-bond donors (Lipinski definition) is 3. The van der Waals surface area contributed by atoms with Gasteiger partial charge in [0.1, 0.15) is 0 Å². The Morgan fingerprint density at radius 2 is 2.50 bits per heavy atom. The van der Waals surface area contributed by atoms with Crippen LogP contribution in [0.1, 0.15) is 21.7 Å². The average Bonchev–Trinajstić information content (AvgIpc) is 3.00. The molecular formula is C12H11N3O2S. The molecule has 2 heterocycles. The molecule has 6 heteroatoms. The monoisotopic (exact) mass is 261 g/mol. The van der Waals surface area contributed by atoms with E-state index in [1.807, 2.05) is 0 Å². The van der Waals surface area contributed by atoms with Gasteiger partial charge in [0.05, 0.1) is 28.9 Å². The highest BCUT2D eigenvalue weighted by Crippen LogP contribution is 2.15. The highest BCUT2D eigenvalue weighted by Gasteiger charge is 2.08. The maximum atomic E-state index is 11.8. The van der Waals surface area contributed by atoms with Gasteiger partial charge < -0.3 is 10.4 Å². The van der Waals surface area contributed by atoms with Crippen LogP contribution in [-0.2, 0) is 0 Å². The van der Waals surface area contributed by atoms with Crippen molar-refractivity contribution in [1.29, 1.82) is 0 Å². The van der Waals surface area contributed by atoms with Crippen molar-refractivity contribution in [3.63, 3.8) is 0 Å². The Morgan fingerprint density at radius 1 is 1.61 bits per heavy atom. The Kier molecular flexibility index (Phi) is 4.12. The lowest BCUT2D eigenvalue weighted by molar-refractivity contribution is 0.102. The fourth-order valence-electron chi connectivity index (χ4n) is 1.25. The zero-order valence-electron chi connectivity index (χ0n) is 9.43. The predicted octanol–water partition coefficient (Wildman–Crippen LogP) is 1.46. The van der Waals surface area contributed by atoms with Crippen molar-refractivity contribution in [3.05, 3.63) is 34.3 Å². The average molecular weight is 261 g/mol. The molecular weight excluding hydrogens is 250 g/mol. The van der Waals surface area contributed by atoms with Crippen LogP contribution in [0.3, 0.4) is 0 Å². The highest BCUT2D eigenvalue weighted by molar-refractivity contribution is 7.10. The molecule has 92 valence electrons. The number of carbonyl (C=O) groups excluding carboxylic acids is 1. The molecule has 1 amide bonds. The van der Waals surface area contributed by atoms with Gasteiger partial charge in [-0.25, -0.2) is 0 Å². The van der Waals surface area contributed by atoms with Gasteiger partial charge in [0.15, 0.2) is 0 Å². The molecule has 5 nitrogen and oxygen atoms in total. The zero-order valence-corrected chi connectivity index (χ0v) is 10.3. The second-order valence-electron chi connectivity index (χ2n) is 3.42. The molecule has 2 rings (SSSR count). The number of nitrogens with one attached hydrogen (secondary N) is 2. The standard InChI is InChI=1S/C12H11N3O2S/c16-4-2-1-3-11-5-9(8-18-11)12(17)15-10-6-13-14-7-10/h5-8,16H,2,4H2,(H,13,14)(H,15,17). The van der Waals surface area contributed by atoms with Gasteiger partial charge >= 0.3 is 0 Å². The molecule has 0 aliphatic heterocycles. The van der Waals surface area contributed by atoms with Crippen LogP contribution in [0.25, 0.3) is 0 Å². The second kappa shape index (κ2) is 6.00. The van der Waals surface area contributed by atoms with Gasteiger partial charge in [0.25, 0.3) is 5.91 Å². The quantitative estimate of drug-likeness (QED) is 0.732. The number of aromatic nitrogens is 2. The van der Waals surface area contributed by atoms with E-state index < -0.39 is 0 Å². The van der Waals surface area contributed by atoms with Crippen LogP contribution in [0.15, 0.2) is 23.8 Å². The normalized spacial score (nSPS) is 9.61. The molecule has 0 unspecified atom stereocenters. The Bertz CT molecular complexity index is 578. The van der Waals surface area contributed by atoms with Crippen molar-refractivity contribution < 1.29 is 9.90 Å². The smallest absolute Gasteiger partial charge is 0.256 e. The molecule has 0 aromatic carbocycles. The van der Waals surface area contributed by atoms with Crippen LogP contribution in [0.2, 0.25) is 0 Å². The minimum absolute atomic E-state index is 0.0478. The van der Waals surface area contributed by atoms with Crippen molar-refractivity contribution >= 4 is 22.9 Å². The van der Waals surface area contributed by atoms with Crippen molar-refractivity contribution in [3.8, 4) is 11.8 Å². The molecule has 0 spiro atoms. The lowest BCUT2D eigenvalue weighted by Gasteiger charge is -1.97. The third-order valence-corrected chi connectivity index (χ3v) is 2.91. The van der Waals surface area contributed by atoms with Gasteiger partial charge in [-0.2, -0.15) is 5.10 Å². The van der Waals surface area contributed by atoms with Gasteiger partial charge in [0.2, 0.25) is 0 Å². The van der Waals surface area contributed by atoms with Crippen LogP contribution in [0.4, 0.5) is 5.69 Å². The SMILES string of the molecule is O=C(Nc1cn[nH]c1)c1csc(C#CCCO)c1. The number of amides is 1. The third kappa shape index (κ3) is 3.20. The van der Waals surface area contributed by atoms with E-state index in [-0.39, 0.29) is 12.5 Å². The summed E-state index contributed by atoms with van der Waals surface area (Å²) in [6.45, 7) is 0.0478. The number of rotatable bonds is 3. The van der Waals surface area contributed by atoms with Crippen LogP contribution in [-0.4, -0.2) is 27.8 Å². The minimum Gasteiger partial charge on any atom is -0.395 e. The highest BCUT2D eigenvalue weighted by atomic mass is 32.1. The molecule has 0 atom stereocenters. The Hall–Kier alpha value is -2.10. The largest absolute Gasteiger partial charge is 0.395 e. The van der Waals surface area contributed by atoms with Gasteiger partial charge in [-0.1, -0.05) is 11.8 Å². The number of carbonyl (C=O) groups is 1. The lowest BCUT2D eigenvalue weighted by Crippen LogP contribution is -2.09. The first-order valence-electron chi connectivity index (χ1n) is 5.28. The zero-order chi connectivity index (χ0) is 12.8. The minimum atomic E-state index is -0.192. The van der Waals surface area contributed by atoms with Crippen molar-refractivity contribution in [2.45, 2.75) is 6.42 Å². The number of aliphatic hydroxyl groups excluding tert-OH is 1. The van der Waals surface area contributed by atoms with Crippen LogP contribution >= 0.6 is 11.3 Å². The van der Waals surface area contributed by atoms with E-state index in [1.54, 1.807) is 17.6 Å². The number of aromatic amines is 1. The predicted molar refractivity (Wildman–Crippen MR) is 69.4 cm³/mol. The lowest BCUT2D eigenvalue weighted by atomic mass is 10.3. The molecule has 2 aromatic heterocycles. The maximum absolute atomic E-state index is 11.8. The molecule has 0 aliphatic carbocycles. The molecule has 18 heavy (non-hydrogen) atoms. The third-order valence-electron chi connectivity index (χ3n) is 2.07. The molecule has 0 bridgehead atoms. The summed E-state index contributed by atoms with van der Waals surface area (Å²) in [7, 11) is 0. The number of aliphatic hydroxyl groups is 1. The summed E-state index contributed by atoms with van der Waals surface area (Å²) in [6.07, 6.45) is 3.58. The fourth-order valence-corrected chi connectivity index (χ4v) is 2.00. The summed E-state index contributed by atoms with van der Waals surface area (Å²) < 4.78 is 0. The first-order valence-corrected chi connectivity index (χ1v) is 6.16. The summed E-state index contributed by atoms with van der Waals surface area (Å²) in [5.41, 5.74) is 1.19. The van der Waals surface area contributed by atoms with Crippen LogP contribution in [0.5, 0.6) is 0 Å². The number of H-pyrrole nitrogens is 1. The van der Waals surface area contributed by atoms with Crippen molar-refractivity contribution in [2.24, 2.45) is 0 Å².